The molecule has 2 rings (SSSR count). The zero-order chi connectivity index (χ0) is 11.4. The van der Waals surface area contributed by atoms with Crippen LogP contribution < -0.4 is 11.3 Å². The molecular formula is C12H18ClN3. The van der Waals surface area contributed by atoms with Crippen molar-refractivity contribution in [3.05, 3.63) is 29.0 Å². The molecule has 3 nitrogen and oxygen atoms in total. The molecule has 0 radical (unpaired) electrons. The molecule has 0 spiro atoms. The highest BCUT2D eigenvalue weighted by atomic mass is 35.5. The number of halogens is 1. The molecule has 1 saturated carbocycles. The van der Waals surface area contributed by atoms with Gasteiger partial charge in [-0.3, -0.25) is 16.3 Å². The van der Waals surface area contributed by atoms with Crippen molar-refractivity contribution < 1.29 is 0 Å². The fourth-order valence-corrected chi connectivity index (χ4v) is 2.56. The van der Waals surface area contributed by atoms with Crippen molar-refractivity contribution >= 4 is 11.6 Å². The largest absolute Gasteiger partial charge is 0.271 e. The van der Waals surface area contributed by atoms with Crippen molar-refractivity contribution in [3.63, 3.8) is 0 Å². The molecule has 1 aromatic heterocycles. The van der Waals surface area contributed by atoms with Crippen molar-refractivity contribution in [2.24, 2.45) is 11.8 Å². The van der Waals surface area contributed by atoms with Crippen molar-refractivity contribution in [2.75, 3.05) is 0 Å². The van der Waals surface area contributed by atoms with E-state index in [9.17, 15) is 0 Å². The second kappa shape index (κ2) is 5.62. The van der Waals surface area contributed by atoms with Crippen molar-refractivity contribution in [3.8, 4) is 0 Å². The van der Waals surface area contributed by atoms with Gasteiger partial charge in [-0.2, -0.15) is 0 Å². The van der Waals surface area contributed by atoms with Gasteiger partial charge in [-0.1, -0.05) is 37.3 Å². The Kier molecular flexibility index (Phi) is 4.16. The first-order valence-corrected chi connectivity index (χ1v) is 6.25. The molecular weight excluding hydrogens is 222 g/mol. The molecule has 0 aliphatic heterocycles. The van der Waals surface area contributed by atoms with E-state index in [4.69, 9.17) is 17.4 Å². The summed E-state index contributed by atoms with van der Waals surface area (Å²) in [6.45, 7) is 0. The molecule has 4 heteroatoms. The van der Waals surface area contributed by atoms with Crippen LogP contribution in [0.15, 0.2) is 18.3 Å². The van der Waals surface area contributed by atoms with Gasteiger partial charge in [0.1, 0.15) is 0 Å². The molecule has 0 bridgehead atoms. The monoisotopic (exact) mass is 239 g/mol. The van der Waals surface area contributed by atoms with E-state index in [1.54, 1.807) is 6.20 Å². The summed E-state index contributed by atoms with van der Waals surface area (Å²) >= 11 is 5.82. The summed E-state index contributed by atoms with van der Waals surface area (Å²) in [5, 5.41) is 0.667. The van der Waals surface area contributed by atoms with Crippen LogP contribution in [0.25, 0.3) is 0 Å². The molecule has 88 valence electrons. The van der Waals surface area contributed by atoms with Gasteiger partial charge >= 0.3 is 0 Å². The molecule has 1 aromatic rings. The zero-order valence-corrected chi connectivity index (χ0v) is 10.1. The number of hydrogen-bond acceptors (Lipinski definition) is 3. The van der Waals surface area contributed by atoms with Gasteiger partial charge < -0.3 is 0 Å². The SMILES string of the molecule is NNC(CC1CCCC1)c1ccc(Cl)cn1. The van der Waals surface area contributed by atoms with Crippen LogP contribution in [0.5, 0.6) is 0 Å². The lowest BCUT2D eigenvalue weighted by atomic mass is 9.96. The first-order valence-electron chi connectivity index (χ1n) is 5.87. The summed E-state index contributed by atoms with van der Waals surface area (Å²) in [6, 6.07) is 3.96. The Morgan fingerprint density at radius 3 is 2.75 bits per heavy atom. The van der Waals surface area contributed by atoms with Gasteiger partial charge in [-0.05, 0) is 24.5 Å². The molecule has 1 aliphatic rings. The normalized spacial score (nSPS) is 18.9. The molecule has 16 heavy (non-hydrogen) atoms. The summed E-state index contributed by atoms with van der Waals surface area (Å²) < 4.78 is 0. The van der Waals surface area contributed by atoms with E-state index in [2.05, 4.69) is 10.4 Å². The smallest absolute Gasteiger partial charge is 0.0634 e. The Morgan fingerprint density at radius 2 is 2.19 bits per heavy atom. The first kappa shape index (κ1) is 11.8. The van der Waals surface area contributed by atoms with E-state index >= 15 is 0 Å². The molecule has 0 aromatic carbocycles. The van der Waals surface area contributed by atoms with Gasteiger partial charge in [0.15, 0.2) is 0 Å². The third kappa shape index (κ3) is 2.94. The Balaban J connectivity index is 2.00. The van der Waals surface area contributed by atoms with Gasteiger partial charge in [0.25, 0.3) is 0 Å². The minimum atomic E-state index is 0.153. The highest BCUT2D eigenvalue weighted by Gasteiger charge is 2.21. The van der Waals surface area contributed by atoms with Gasteiger partial charge in [0.2, 0.25) is 0 Å². The van der Waals surface area contributed by atoms with E-state index < -0.39 is 0 Å². The number of aromatic nitrogens is 1. The topological polar surface area (TPSA) is 50.9 Å². The Hall–Kier alpha value is -0.640. The van der Waals surface area contributed by atoms with Crippen molar-refractivity contribution in [2.45, 2.75) is 38.1 Å². The third-order valence-electron chi connectivity index (χ3n) is 3.35. The first-order chi connectivity index (χ1) is 7.79. The number of rotatable bonds is 4. The maximum Gasteiger partial charge on any atom is 0.0634 e. The van der Waals surface area contributed by atoms with Crippen LogP contribution in [-0.2, 0) is 0 Å². The highest BCUT2D eigenvalue weighted by Crippen LogP contribution is 2.32. The molecule has 0 amide bonds. The van der Waals surface area contributed by atoms with Crippen LogP contribution in [0.4, 0.5) is 0 Å². The molecule has 1 atom stereocenters. The van der Waals surface area contributed by atoms with Crippen molar-refractivity contribution in [1.29, 1.82) is 0 Å². The van der Waals surface area contributed by atoms with Crippen LogP contribution in [0.1, 0.15) is 43.8 Å². The van der Waals surface area contributed by atoms with Crippen LogP contribution in [-0.4, -0.2) is 4.98 Å². The Morgan fingerprint density at radius 1 is 1.44 bits per heavy atom. The van der Waals surface area contributed by atoms with Gasteiger partial charge in [-0.25, -0.2) is 0 Å². The molecule has 1 unspecified atom stereocenters. The summed E-state index contributed by atoms with van der Waals surface area (Å²) in [6.07, 6.45) is 8.12. The predicted octanol–water partition coefficient (Wildman–Crippen LogP) is 2.82. The number of pyridine rings is 1. The van der Waals surface area contributed by atoms with Gasteiger partial charge in [-0.15, -0.1) is 0 Å². The molecule has 3 N–H and O–H groups in total. The minimum absolute atomic E-state index is 0.153. The lowest BCUT2D eigenvalue weighted by Crippen LogP contribution is -2.30. The maximum atomic E-state index is 5.82. The van der Waals surface area contributed by atoms with E-state index in [1.807, 2.05) is 12.1 Å². The fourth-order valence-electron chi connectivity index (χ4n) is 2.45. The number of nitrogens with zero attached hydrogens (tertiary/aromatic N) is 1. The van der Waals surface area contributed by atoms with Crippen LogP contribution in [0.2, 0.25) is 5.02 Å². The maximum absolute atomic E-state index is 5.82. The Bertz CT molecular complexity index is 320. The standard InChI is InChI=1S/C12H18ClN3/c13-10-5-6-11(15-8-10)12(16-14)7-9-3-1-2-4-9/h5-6,8-9,12,16H,1-4,7,14H2. The number of nitrogens with two attached hydrogens (primary N) is 1. The summed E-state index contributed by atoms with van der Waals surface area (Å²) in [5.74, 6) is 6.39. The van der Waals surface area contributed by atoms with E-state index in [1.165, 1.54) is 25.7 Å². The minimum Gasteiger partial charge on any atom is -0.271 e. The fraction of sp³-hybridized carbons (Fsp3) is 0.583. The van der Waals surface area contributed by atoms with Crippen molar-refractivity contribution in [1.82, 2.24) is 10.4 Å². The average molecular weight is 240 g/mol. The lowest BCUT2D eigenvalue weighted by molar-refractivity contribution is 0.394. The van der Waals surface area contributed by atoms with Crippen LogP contribution in [0.3, 0.4) is 0 Å². The predicted molar refractivity (Wildman–Crippen MR) is 65.9 cm³/mol. The average Bonchev–Trinajstić information content (AvgIpc) is 2.80. The number of nitrogens with one attached hydrogen (secondary N) is 1. The van der Waals surface area contributed by atoms with E-state index in [0.29, 0.717) is 5.02 Å². The summed E-state index contributed by atoms with van der Waals surface area (Å²) in [7, 11) is 0. The number of hydrogen-bond donors (Lipinski definition) is 2. The number of hydrazine groups is 1. The third-order valence-corrected chi connectivity index (χ3v) is 3.58. The van der Waals surface area contributed by atoms with Gasteiger partial charge in [0.05, 0.1) is 16.8 Å². The zero-order valence-electron chi connectivity index (χ0n) is 9.32. The summed E-state index contributed by atoms with van der Waals surface area (Å²) in [5.41, 5.74) is 3.84. The molecule has 0 saturated heterocycles. The second-order valence-corrected chi connectivity index (χ2v) is 4.94. The quantitative estimate of drug-likeness (QED) is 0.628. The molecule has 1 heterocycles. The molecule has 1 aliphatic carbocycles. The van der Waals surface area contributed by atoms with E-state index in [-0.39, 0.29) is 6.04 Å². The Labute approximate surface area is 101 Å². The van der Waals surface area contributed by atoms with E-state index in [0.717, 1.165) is 18.0 Å². The highest BCUT2D eigenvalue weighted by molar-refractivity contribution is 6.30. The lowest BCUT2D eigenvalue weighted by Gasteiger charge is -2.19. The van der Waals surface area contributed by atoms with Crippen LogP contribution in [0, 0.1) is 5.92 Å². The molecule has 1 fully saturated rings. The summed E-state index contributed by atoms with van der Waals surface area (Å²) in [4.78, 5) is 4.32. The second-order valence-electron chi connectivity index (χ2n) is 4.51. The van der Waals surface area contributed by atoms with Crippen LogP contribution >= 0.6 is 11.6 Å². The van der Waals surface area contributed by atoms with Gasteiger partial charge in [0, 0.05) is 6.20 Å².